The Bertz CT molecular complexity index is 323. The summed E-state index contributed by atoms with van der Waals surface area (Å²) in [5.74, 6) is 0.420. The van der Waals surface area contributed by atoms with Crippen LogP contribution in [-0.4, -0.2) is 38.0 Å². The molecule has 5 heteroatoms. The van der Waals surface area contributed by atoms with E-state index in [4.69, 9.17) is 0 Å². The Morgan fingerprint density at radius 3 is 2.60 bits per heavy atom. The summed E-state index contributed by atoms with van der Waals surface area (Å²) in [6, 6.07) is 0. The summed E-state index contributed by atoms with van der Waals surface area (Å²) >= 11 is 0. The lowest BCUT2D eigenvalue weighted by Gasteiger charge is -2.36. The lowest BCUT2D eigenvalue weighted by atomic mass is 9.74. The summed E-state index contributed by atoms with van der Waals surface area (Å²) < 4.78 is 0. The Morgan fingerprint density at radius 2 is 2.00 bits per heavy atom. The van der Waals surface area contributed by atoms with Crippen molar-refractivity contribution in [3.05, 3.63) is 0 Å². The summed E-state index contributed by atoms with van der Waals surface area (Å²) in [6.45, 7) is 9.07. The monoisotopic (exact) mass is 283 g/mol. The number of hydrogen-bond donors (Lipinski definition) is 3. The second kappa shape index (κ2) is 8.25. The zero-order chi connectivity index (χ0) is 15.0. The molecule has 1 rings (SSSR count). The molecule has 3 N–H and O–H groups in total. The highest BCUT2D eigenvalue weighted by Gasteiger charge is 2.36. The second-order valence-electron chi connectivity index (χ2n) is 6.12. The van der Waals surface area contributed by atoms with Crippen LogP contribution in [0.1, 0.15) is 46.5 Å². The number of amides is 2. The van der Waals surface area contributed by atoms with E-state index in [1.54, 1.807) is 0 Å². The van der Waals surface area contributed by atoms with Gasteiger partial charge in [-0.15, -0.1) is 0 Å². The molecule has 0 aromatic rings. The van der Waals surface area contributed by atoms with Crippen molar-refractivity contribution in [1.82, 2.24) is 16.0 Å². The Kier molecular flexibility index (Phi) is 6.99. The van der Waals surface area contributed by atoms with E-state index in [1.165, 1.54) is 0 Å². The first-order valence-corrected chi connectivity index (χ1v) is 7.74. The Hall–Kier alpha value is -1.10. The Labute approximate surface area is 122 Å². The third-order valence-corrected chi connectivity index (χ3v) is 4.11. The fourth-order valence-electron chi connectivity index (χ4n) is 2.52. The number of piperidine rings is 1. The van der Waals surface area contributed by atoms with E-state index in [2.05, 4.69) is 16.0 Å². The third kappa shape index (κ3) is 5.12. The van der Waals surface area contributed by atoms with Crippen molar-refractivity contribution >= 4 is 11.8 Å². The standard InChI is InChI=1S/C15H29N3O2/c1-4-8-17-13(19)7-10-18-14(20)15(2,3)12-6-5-9-16-11-12/h12,16H,4-11H2,1-3H3,(H,17,19)(H,18,20). The molecule has 0 bridgehead atoms. The normalized spacial score (nSPS) is 19.4. The lowest BCUT2D eigenvalue weighted by Crippen LogP contribution is -2.47. The van der Waals surface area contributed by atoms with Crippen molar-refractivity contribution < 1.29 is 9.59 Å². The van der Waals surface area contributed by atoms with Gasteiger partial charge in [-0.3, -0.25) is 9.59 Å². The molecule has 0 aliphatic carbocycles. The van der Waals surface area contributed by atoms with Gasteiger partial charge in [0.1, 0.15) is 0 Å². The summed E-state index contributed by atoms with van der Waals surface area (Å²) in [6.07, 6.45) is 3.50. The molecule has 1 saturated heterocycles. The van der Waals surface area contributed by atoms with Crippen molar-refractivity contribution in [2.45, 2.75) is 46.5 Å². The highest BCUT2D eigenvalue weighted by atomic mass is 16.2. The van der Waals surface area contributed by atoms with Gasteiger partial charge in [0.2, 0.25) is 11.8 Å². The number of carbonyl (C=O) groups is 2. The molecule has 0 aromatic carbocycles. The maximum Gasteiger partial charge on any atom is 0.225 e. The molecule has 116 valence electrons. The summed E-state index contributed by atoms with van der Waals surface area (Å²) in [7, 11) is 0. The van der Waals surface area contributed by atoms with Gasteiger partial charge in [-0.25, -0.2) is 0 Å². The van der Waals surface area contributed by atoms with Crippen LogP contribution < -0.4 is 16.0 Å². The van der Waals surface area contributed by atoms with Gasteiger partial charge in [-0.2, -0.15) is 0 Å². The highest BCUT2D eigenvalue weighted by Crippen LogP contribution is 2.31. The SMILES string of the molecule is CCCNC(=O)CCNC(=O)C(C)(C)C1CCCNC1. The number of rotatable bonds is 7. The molecule has 0 aromatic heterocycles. The molecule has 0 spiro atoms. The van der Waals surface area contributed by atoms with Crippen LogP contribution in [0, 0.1) is 11.3 Å². The number of nitrogens with one attached hydrogen (secondary N) is 3. The van der Waals surface area contributed by atoms with E-state index >= 15 is 0 Å². The van der Waals surface area contributed by atoms with Crippen LogP contribution in [0.5, 0.6) is 0 Å². The maximum absolute atomic E-state index is 12.3. The van der Waals surface area contributed by atoms with Crippen LogP contribution in [0.25, 0.3) is 0 Å². The molecule has 1 fully saturated rings. The van der Waals surface area contributed by atoms with Crippen LogP contribution >= 0.6 is 0 Å². The molecule has 0 saturated carbocycles. The van der Waals surface area contributed by atoms with Gasteiger partial charge in [0, 0.05) is 24.9 Å². The maximum atomic E-state index is 12.3. The van der Waals surface area contributed by atoms with Gasteiger partial charge in [-0.1, -0.05) is 20.8 Å². The minimum Gasteiger partial charge on any atom is -0.356 e. The van der Waals surface area contributed by atoms with E-state index in [-0.39, 0.29) is 17.2 Å². The first kappa shape index (κ1) is 17.0. The van der Waals surface area contributed by atoms with Gasteiger partial charge in [-0.05, 0) is 38.3 Å². The molecule has 2 amide bonds. The van der Waals surface area contributed by atoms with Crippen LogP contribution in [-0.2, 0) is 9.59 Å². The molecule has 1 unspecified atom stereocenters. The van der Waals surface area contributed by atoms with E-state index in [0.717, 1.165) is 32.4 Å². The van der Waals surface area contributed by atoms with Gasteiger partial charge < -0.3 is 16.0 Å². The fraction of sp³-hybridized carbons (Fsp3) is 0.867. The summed E-state index contributed by atoms with van der Waals surface area (Å²) in [4.78, 5) is 23.8. The zero-order valence-corrected chi connectivity index (χ0v) is 13.1. The van der Waals surface area contributed by atoms with E-state index < -0.39 is 0 Å². The van der Waals surface area contributed by atoms with Crippen LogP contribution in [0.15, 0.2) is 0 Å². The minimum absolute atomic E-state index is 0.00397. The quantitative estimate of drug-likeness (QED) is 0.654. The minimum atomic E-state index is -0.382. The molecule has 1 atom stereocenters. The van der Waals surface area contributed by atoms with Crippen LogP contribution in [0.2, 0.25) is 0 Å². The van der Waals surface area contributed by atoms with Gasteiger partial charge in [0.15, 0.2) is 0 Å². The van der Waals surface area contributed by atoms with Gasteiger partial charge >= 0.3 is 0 Å². The van der Waals surface area contributed by atoms with Crippen molar-refractivity contribution in [2.75, 3.05) is 26.2 Å². The van der Waals surface area contributed by atoms with E-state index in [1.807, 2.05) is 20.8 Å². The molecule has 0 radical (unpaired) electrons. The fourth-order valence-corrected chi connectivity index (χ4v) is 2.52. The van der Waals surface area contributed by atoms with Crippen molar-refractivity contribution in [3.8, 4) is 0 Å². The molecule has 5 nitrogen and oxygen atoms in total. The van der Waals surface area contributed by atoms with Crippen molar-refractivity contribution in [2.24, 2.45) is 11.3 Å². The highest BCUT2D eigenvalue weighted by molar-refractivity contribution is 5.83. The summed E-state index contributed by atoms with van der Waals surface area (Å²) in [5, 5.41) is 9.06. The average Bonchev–Trinajstić information content (AvgIpc) is 2.45. The van der Waals surface area contributed by atoms with Crippen LogP contribution in [0.3, 0.4) is 0 Å². The van der Waals surface area contributed by atoms with Gasteiger partial charge in [0.25, 0.3) is 0 Å². The number of hydrogen-bond acceptors (Lipinski definition) is 3. The second-order valence-corrected chi connectivity index (χ2v) is 6.12. The van der Waals surface area contributed by atoms with Crippen molar-refractivity contribution in [1.29, 1.82) is 0 Å². The molecular weight excluding hydrogens is 254 g/mol. The predicted molar refractivity (Wildman–Crippen MR) is 80.3 cm³/mol. The molecule has 1 aliphatic rings. The zero-order valence-electron chi connectivity index (χ0n) is 13.1. The smallest absolute Gasteiger partial charge is 0.225 e. The molecular formula is C15H29N3O2. The van der Waals surface area contributed by atoms with Crippen LogP contribution in [0.4, 0.5) is 0 Å². The average molecular weight is 283 g/mol. The Balaban J connectivity index is 2.31. The van der Waals surface area contributed by atoms with Gasteiger partial charge in [0.05, 0.1) is 0 Å². The third-order valence-electron chi connectivity index (χ3n) is 4.11. The first-order chi connectivity index (χ1) is 9.48. The van der Waals surface area contributed by atoms with E-state index in [0.29, 0.717) is 25.4 Å². The first-order valence-electron chi connectivity index (χ1n) is 7.74. The summed E-state index contributed by atoms with van der Waals surface area (Å²) in [5.41, 5.74) is -0.382. The topological polar surface area (TPSA) is 70.2 Å². The lowest BCUT2D eigenvalue weighted by molar-refractivity contribution is -0.132. The molecule has 1 heterocycles. The number of carbonyl (C=O) groups excluding carboxylic acids is 2. The Morgan fingerprint density at radius 1 is 1.25 bits per heavy atom. The van der Waals surface area contributed by atoms with E-state index in [9.17, 15) is 9.59 Å². The predicted octanol–water partition coefficient (Wildman–Crippen LogP) is 1.04. The molecule has 20 heavy (non-hydrogen) atoms. The largest absolute Gasteiger partial charge is 0.356 e. The molecule has 1 aliphatic heterocycles. The van der Waals surface area contributed by atoms with Crippen molar-refractivity contribution in [3.63, 3.8) is 0 Å².